The van der Waals surface area contributed by atoms with Crippen LogP contribution < -0.4 is 10.1 Å². The molecule has 3 aromatic carbocycles. The van der Waals surface area contributed by atoms with Gasteiger partial charge in [0.2, 0.25) is 0 Å². The van der Waals surface area contributed by atoms with Gasteiger partial charge in [0.25, 0.3) is 0 Å². The Morgan fingerprint density at radius 1 is 0.889 bits per heavy atom. The quantitative estimate of drug-likeness (QED) is 0.472. The fourth-order valence-corrected chi connectivity index (χ4v) is 4.01. The molecule has 3 nitrogen and oxygen atoms in total. The van der Waals surface area contributed by atoms with E-state index in [1.54, 1.807) is 0 Å². The van der Waals surface area contributed by atoms with E-state index in [0.717, 1.165) is 35.0 Å². The summed E-state index contributed by atoms with van der Waals surface area (Å²) >= 11 is 6.21. The topological polar surface area (TPSA) is 37.0 Å². The highest BCUT2D eigenvalue weighted by Gasteiger charge is 2.25. The number of nitrogens with one attached hydrogen (secondary N) is 2. The molecule has 2 heterocycles. The van der Waals surface area contributed by atoms with Crippen LogP contribution in [0.4, 0.5) is 0 Å². The normalized spacial score (nSPS) is 16.3. The van der Waals surface area contributed by atoms with Crippen molar-refractivity contribution in [3.05, 3.63) is 94.6 Å². The van der Waals surface area contributed by atoms with Crippen molar-refractivity contribution in [1.29, 1.82) is 0 Å². The number of benzene rings is 3. The highest BCUT2D eigenvalue weighted by Crippen LogP contribution is 2.35. The predicted octanol–water partition coefficient (Wildman–Crippen LogP) is 5.85. The minimum absolute atomic E-state index is 0.144. The van der Waals surface area contributed by atoms with E-state index in [4.69, 9.17) is 16.3 Å². The molecule has 0 fully saturated rings. The summed E-state index contributed by atoms with van der Waals surface area (Å²) in [7, 11) is 0. The Bertz CT molecular complexity index is 1090. The van der Waals surface area contributed by atoms with Crippen molar-refractivity contribution in [2.45, 2.75) is 12.5 Å². The number of halogens is 1. The zero-order valence-corrected chi connectivity index (χ0v) is 15.5. The van der Waals surface area contributed by atoms with Crippen LogP contribution in [0.3, 0.4) is 0 Å². The summed E-state index contributed by atoms with van der Waals surface area (Å²) in [5, 5.41) is 5.64. The Balaban J connectivity index is 1.47. The SMILES string of the molecule is Clc1ccc2[nH]c3c(c2c1)CCNC3c1ccc(Oc2ccccc2)cc1. The lowest BCUT2D eigenvalue weighted by Crippen LogP contribution is -2.30. The first-order valence-corrected chi connectivity index (χ1v) is 9.52. The zero-order valence-electron chi connectivity index (χ0n) is 14.7. The molecule has 1 unspecified atom stereocenters. The molecule has 5 rings (SSSR count). The summed E-state index contributed by atoms with van der Waals surface area (Å²) in [6, 6.07) is 24.3. The van der Waals surface area contributed by atoms with Gasteiger partial charge >= 0.3 is 0 Å². The van der Waals surface area contributed by atoms with Crippen LogP contribution in [0.25, 0.3) is 10.9 Å². The molecule has 0 spiro atoms. The van der Waals surface area contributed by atoms with Gasteiger partial charge in [0.05, 0.1) is 6.04 Å². The summed E-state index contributed by atoms with van der Waals surface area (Å²) in [6.45, 7) is 0.944. The number of aromatic amines is 1. The average molecular weight is 375 g/mol. The van der Waals surface area contributed by atoms with Crippen LogP contribution in [-0.4, -0.2) is 11.5 Å². The molecular weight excluding hydrogens is 356 g/mol. The van der Waals surface area contributed by atoms with Gasteiger partial charge in [-0.15, -0.1) is 0 Å². The molecule has 0 bridgehead atoms. The largest absolute Gasteiger partial charge is 0.457 e. The Kier molecular flexibility index (Phi) is 4.12. The molecule has 0 radical (unpaired) electrons. The van der Waals surface area contributed by atoms with Crippen LogP contribution in [0.1, 0.15) is 22.9 Å². The van der Waals surface area contributed by atoms with Gasteiger partial charge in [0, 0.05) is 28.2 Å². The predicted molar refractivity (Wildman–Crippen MR) is 110 cm³/mol. The third kappa shape index (κ3) is 3.09. The van der Waals surface area contributed by atoms with Gasteiger partial charge in [-0.05, 0) is 60.0 Å². The zero-order chi connectivity index (χ0) is 18.2. The molecule has 1 aliphatic heterocycles. The number of aromatic nitrogens is 1. The third-order valence-corrected chi connectivity index (χ3v) is 5.34. The molecular formula is C23H19ClN2O. The van der Waals surface area contributed by atoms with E-state index in [2.05, 4.69) is 34.6 Å². The maximum absolute atomic E-state index is 6.21. The Morgan fingerprint density at radius 3 is 2.48 bits per heavy atom. The molecule has 134 valence electrons. The first kappa shape index (κ1) is 16.4. The van der Waals surface area contributed by atoms with Gasteiger partial charge in [-0.2, -0.15) is 0 Å². The molecule has 1 aliphatic rings. The lowest BCUT2D eigenvalue weighted by atomic mass is 9.94. The molecule has 4 heteroatoms. The van der Waals surface area contributed by atoms with Crippen molar-refractivity contribution in [2.75, 3.05) is 6.54 Å². The highest BCUT2D eigenvalue weighted by molar-refractivity contribution is 6.31. The first-order chi connectivity index (χ1) is 13.3. The lowest BCUT2D eigenvalue weighted by molar-refractivity contribution is 0.481. The molecule has 0 aliphatic carbocycles. The van der Waals surface area contributed by atoms with Gasteiger partial charge in [-0.1, -0.05) is 41.9 Å². The standard InChI is InChI=1S/C23H19ClN2O/c24-16-8-11-21-20(14-16)19-12-13-25-22(23(19)26-21)15-6-9-18(10-7-15)27-17-4-2-1-3-5-17/h1-11,14,22,25-26H,12-13H2. The molecule has 1 aromatic heterocycles. The van der Waals surface area contributed by atoms with Gasteiger partial charge < -0.3 is 15.0 Å². The fraction of sp³-hybridized carbons (Fsp3) is 0.130. The van der Waals surface area contributed by atoms with E-state index in [1.807, 2.05) is 48.5 Å². The van der Waals surface area contributed by atoms with E-state index < -0.39 is 0 Å². The second-order valence-electron chi connectivity index (χ2n) is 6.83. The van der Waals surface area contributed by atoms with Crippen molar-refractivity contribution in [1.82, 2.24) is 10.3 Å². The number of rotatable bonds is 3. The van der Waals surface area contributed by atoms with Gasteiger partial charge in [-0.25, -0.2) is 0 Å². The van der Waals surface area contributed by atoms with Gasteiger partial charge in [0.15, 0.2) is 0 Å². The Labute approximate surface area is 162 Å². The molecule has 0 amide bonds. The van der Waals surface area contributed by atoms with Crippen LogP contribution >= 0.6 is 11.6 Å². The first-order valence-electron chi connectivity index (χ1n) is 9.14. The summed E-state index contributed by atoms with van der Waals surface area (Å²) in [5.74, 6) is 1.68. The molecule has 4 aromatic rings. The molecule has 27 heavy (non-hydrogen) atoms. The summed E-state index contributed by atoms with van der Waals surface area (Å²) < 4.78 is 5.91. The molecule has 1 atom stereocenters. The van der Waals surface area contributed by atoms with E-state index in [0.29, 0.717) is 0 Å². The smallest absolute Gasteiger partial charge is 0.127 e. The minimum atomic E-state index is 0.144. The van der Waals surface area contributed by atoms with E-state index in [1.165, 1.54) is 22.2 Å². The molecule has 0 saturated carbocycles. The van der Waals surface area contributed by atoms with Gasteiger partial charge in [0.1, 0.15) is 11.5 Å². The average Bonchev–Trinajstić information content (AvgIpc) is 3.07. The van der Waals surface area contributed by atoms with Crippen LogP contribution in [-0.2, 0) is 6.42 Å². The maximum atomic E-state index is 6.21. The monoisotopic (exact) mass is 374 g/mol. The van der Waals surface area contributed by atoms with Crippen LogP contribution in [0.15, 0.2) is 72.8 Å². The fourth-order valence-electron chi connectivity index (χ4n) is 3.84. The van der Waals surface area contributed by atoms with Gasteiger partial charge in [-0.3, -0.25) is 0 Å². The van der Waals surface area contributed by atoms with Crippen LogP contribution in [0, 0.1) is 0 Å². The Morgan fingerprint density at radius 2 is 1.67 bits per heavy atom. The van der Waals surface area contributed by atoms with Crippen molar-refractivity contribution in [3.8, 4) is 11.5 Å². The van der Waals surface area contributed by atoms with Crippen LogP contribution in [0.2, 0.25) is 5.02 Å². The Hall–Kier alpha value is -2.75. The molecule has 0 saturated heterocycles. The second kappa shape index (κ2) is 6.76. The number of H-pyrrole nitrogens is 1. The number of ether oxygens (including phenoxy) is 1. The van der Waals surface area contributed by atoms with E-state index in [9.17, 15) is 0 Å². The second-order valence-corrected chi connectivity index (χ2v) is 7.26. The van der Waals surface area contributed by atoms with Crippen LogP contribution in [0.5, 0.6) is 11.5 Å². The number of hydrogen-bond donors (Lipinski definition) is 2. The number of para-hydroxylation sites is 1. The maximum Gasteiger partial charge on any atom is 0.127 e. The lowest BCUT2D eigenvalue weighted by Gasteiger charge is -2.25. The van der Waals surface area contributed by atoms with Crippen molar-refractivity contribution in [2.24, 2.45) is 0 Å². The minimum Gasteiger partial charge on any atom is -0.457 e. The van der Waals surface area contributed by atoms with Crippen molar-refractivity contribution in [3.63, 3.8) is 0 Å². The number of fused-ring (bicyclic) bond motifs is 3. The van der Waals surface area contributed by atoms with Crippen molar-refractivity contribution < 1.29 is 4.74 Å². The van der Waals surface area contributed by atoms with E-state index in [-0.39, 0.29) is 6.04 Å². The molecule has 2 N–H and O–H groups in total. The summed E-state index contributed by atoms with van der Waals surface area (Å²) in [4.78, 5) is 3.59. The van der Waals surface area contributed by atoms with Crippen molar-refractivity contribution >= 4 is 22.5 Å². The number of hydrogen-bond acceptors (Lipinski definition) is 2. The third-order valence-electron chi connectivity index (χ3n) is 5.11. The summed E-state index contributed by atoms with van der Waals surface area (Å²) in [6.07, 6.45) is 1.00. The van der Waals surface area contributed by atoms with E-state index >= 15 is 0 Å². The summed E-state index contributed by atoms with van der Waals surface area (Å²) in [5.41, 5.74) is 4.95. The highest BCUT2D eigenvalue weighted by atomic mass is 35.5.